The Bertz CT molecular complexity index is 571. The molecule has 2 heterocycles. The van der Waals surface area contributed by atoms with Crippen LogP contribution < -0.4 is 10.6 Å². The van der Waals surface area contributed by atoms with Crippen molar-refractivity contribution in [3.05, 3.63) is 52.1 Å². The van der Waals surface area contributed by atoms with E-state index >= 15 is 0 Å². The zero-order valence-corrected chi connectivity index (χ0v) is 12.2. The van der Waals surface area contributed by atoms with Gasteiger partial charge in [-0.1, -0.05) is 24.3 Å². The fourth-order valence-electron chi connectivity index (χ4n) is 2.56. The van der Waals surface area contributed by atoms with Crippen LogP contribution in [0.25, 0.3) is 0 Å². The van der Waals surface area contributed by atoms with Gasteiger partial charge in [0.05, 0.1) is 16.4 Å². The van der Waals surface area contributed by atoms with Gasteiger partial charge < -0.3 is 10.6 Å². The van der Waals surface area contributed by atoms with E-state index in [0.29, 0.717) is 5.69 Å². The molecule has 4 heteroatoms. The number of rotatable bonds is 1. The first-order valence-corrected chi connectivity index (χ1v) is 7.26. The Balaban J connectivity index is 1.85. The minimum absolute atomic E-state index is 0.689. The predicted molar refractivity (Wildman–Crippen MR) is 82.4 cm³/mol. The average molecular weight is 318 g/mol. The normalized spacial score (nSPS) is 14.9. The van der Waals surface area contributed by atoms with Crippen molar-refractivity contribution in [1.82, 2.24) is 4.98 Å². The molecule has 0 saturated carbocycles. The highest BCUT2D eigenvalue weighted by atomic mass is 79.9. The molecule has 1 aromatic carbocycles. The van der Waals surface area contributed by atoms with E-state index in [-0.39, 0.29) is 0 Å². The van der Waals surface area contributed by atoms with E-state index in [1.54, 1.807) is 6.20 Å². The van der Waals surface area contributed by atoms with E-state index in [1.807, 2.05) is 6.07 Å². The van der Waals surface area contributed by atoms with Crippen molar-refractivity contribution in [3.63, 3.8) is 0 Å². The Kier molecular flexibility index (Phi) is 3.42. The van der Waals surface area contributed by atoms with Crippen molar-refractivity contribution in [2.24, 2.45) is 0 Å². The van der Waals surface area contributed by atoms with Gasteiger partial charge in [0.25, 0.3) is 0 Å². The quantitative estimate of drug-likeness (QED) is 0.879. The molecule has 1 aliphatic heterocycles. The monoisotopic (exact) mass is 317 g/mol. The van der Waals surface area contributed by atoms with Crippen molar-refractivity contribution >= 4 is 27.4 Å². The summed E-state index contributed by atoms with van der Waals surface area (Å²) in [4.78, 5) is 6.78. The Labute approximate surface area is 121 Å². The van der Waals surface area contributed by atoms with Crippen LogP contribution in [-0.4, -0.2) is 18.1 Å². The van der Waals surface area contributed by atoms with Crippen molar-refractivity contribution in [2.75, 3.05) is 23.7 Å². The fourth-order valence-corrected chi connectivity index (χ4v) is 3.18. The first-order chi connectivity index (χ1) is 9.24. The standard InChI is InChI=1S/C15H16BrN3/c16-14-9-13(17)10-18-15(14)19-7-5-11-3-1-2-4-12(11)6-8-19/h1-4,9-10H,5-8,17H2. The Hall–Kier alpha value is -1.55. The highest BCUT2D eigenvalue weighted by Crippen LogP contribution is 2.27. The second-order valence-electron chi connectivity index (χ2n) is 4.83. The SMILES string of the molecule is Nc1cnc(N2CCc3ccccc3CC2)c(Br)c1. The molecule has 2 aromatic rings. The van der Waals surface area contributed by atoms with Gasteiger partial charge in [0.1, 0.15) is 5.82 Å². The molecular weight excluding hydrogens is 302 g/mol. The number of hydrogen-bond donors (Lipinski definition) is 1. The molecule has 3 nitrogen and oxygen atoms in total. The second-order valence-corrected chi connectivity index (χ2v) is 5.68. The largest absolute Gasteiger partial charge is 0.397 e. The summed E-state index contributed by atoms with van der Waals surface area (Å²) in [6, 6.07) is 10.6. The van der Waals surface area contributed by atoms with Gasteiger partial charge in [0.15, 0.2) is 0 Å². The summed E-state index contributed by atoms with van der Waals surface area (Å²) in [7, 11) is 0. The lowest BCUT2D eigenvalue weighted by Crippen LogP contribution is -2.27. The summed E-state index contributed by atoms with van der Waals surface area (Å²) in [5.74, 6) is 0.988. The number of pyridine rings is 1. The Morgan fingerprint density at radius 2 is 1.74 bits per heavy atom. The summed E-state index contributed by atoms with van der Waals surface area (Å²) in [5.41, 5.74) is 9.34. The minimum atomic E-state index is 0.689. The summed E-state index contributed by atoms with van der Waals surface area (Å²) >= 11 is 3.56. The number of aromatic nitrogens is 1. The number of benzene rings is 1. The average Bonchev–Trinajstić information content (AvgIpc) is 2.62. The zero-order valence-electron chi connectivity index (χ0n) is 10.6. The first kappa shape index (κ1) is 12.5. The van der Waals surface area contributed by atoms with Crippen LogP contribution >= 0.6 is 15.9 Å². The number of nitrogens with zero attached hydrogens (tertiary/aromatic N) is 2. The van der Waals surface area contributed by atoms with Crippen LogP contribution in [0.15, 0.2) is 41.0 Å². The number of halogens is 1. The minimum Gasteiger partial charge on any atom is -0.397 e. The molecule has 0 spiro atoms. The third kappa shape index (κ3) is 2.59. The lowest BCUT2D eigenvalue weighted by molar-refractivity contribution is 0.789. The van der Waals surface area contributed by atoms with Crippen LogP contribution in [0.3, 0.4) is 0 Å². The van der Waals surface area contributed by atoms with Crippen LogP contribution in [-0.2, 0) is 12.8 Å². The van der Waals surface area contributed by atoms with Crippen LogP contribution in [0.2, 0.25) is 0 Å². The van der Waals surface area contributed by atoms with E-state index < -0.39 is 0 Å². The first-order valence-electron chi connectivity index (χ1n) is 6.47. The van der Waals surface area contributed by atoms with E-state index in [1.165, 1.54) is 11.1 Å². The third-order valence-corrected chi connectivity index (χ3v) is 4.15. The van der Waals surface area contributed by atoms with E-state index in [2.05, 4.69) is 50.1 Å². The Morgan fingerprint density at radius 3 is 2.32 bits per heavy atom. The molecule has 0 bridgehead atoms. The van der Waals surface area contributed by atoms with Gasteiger partial charge in [-0.05, 0) is 46.0 Å². The maximum Gasteiger partial charge on any atom is 0.143 e. The molecule has 0 atom stereocenters. The molecule has 0 unspecified atom stereocenters. The number of fused-ring (bicyclic) bond motifs is 1. The molecule has 98 valence electrons. The zero-order chi connectivity index (χ0) is 13.2. The van der Waals surface area contributed by atoms with Gasteiger partial charge >= 0.3 is 0 Å². The fraction of sp³-hybridized carbons (Fsp3) is 0.267. The number of nitrogen functional groups attached to an aromatic ring is 1. The molecule has 1 aliphatic rings. The van der Waals surface area contributed by atoms with Crippen molar-refractivity contribution in [3.8, 4) is 0 Å². The molecule has 2 N–H and O–H groups in total. The van der Waals surface area contributed by atoms with Crippen molar-refractivity contribution < 1.29 is 0 Å². The van der Waals surface area contributed by atoms with Crippen LogP contribution in [0.1, 0.15) is 11.1 Å². The molecule has 0 fully saturated rings. The van der Waals surface area contributed by atoms with E-state index in [0.717, 1.165) is 36.2 Å². The van der Waals surface area contributed by atoms with Gasteiger partial charge in [-0.3, -0.25) is 0 Å². The molecule has 1 aromatic heterocycles. The van der Waals surface area contributed by atoms with Gasteiger partial charge in [0, 0.05) is 13.1 Å². The topological polar surface area (TPSA) is 42.1 Å². The van der Waals surface area contributed by atoms with Gasteiger partial charge in [-0.25, -0.2) is 4.98 Å². The van der Waals surface area contributed by atoms with E-state index in [4.69, 9.17) is 5.73 Å². The molecule has 0 radical (unpaired) electrons. The summed E-state index contributed by atoms with van der Waals surface area (Å²) in [5, 5.41) is 0. The van der Waals surface area contributed by atoms with Gasteiger partial charge in [-0.15, -0.1) is 0 Å². The molecule has 0 aliphatic carbocycles. The highest BCUT2D eigenvalue weighted by Gasteiger charge is 2.16. The summed E-state index contributed by atoms with van der Waals surface area (Å²) in [6.45, 7) is 1.99. The predicted octanol–water partition coefficient (Wildman–Crippen LogP) is 3.03. The lowest BCUT2D eigenvalue weighted by Gasteiger charge is -2.22. The van der Waals surface area contributed by atoms with Crippen LogP contribution in [0.5, 0.6) is 0 Å². The molecular formula is C15H16BrN3. The second kappa shape index (κ2) is 5.21. The van der Waals surface area contributed by atoms with Crippen molar-refractivity contribution in [1.29, 1.82) is 0 Å². The molecule has 0 saturated heterocycles. The highest BCUT2D eigenvalue weighted by molar-refractivity contribution is 9.10. The van der Waals surface area contributed by atoms with Crippen LogP contribution in [0.4, 0.5) is 11.5 Å². The molecule has 0 amide bonds. The smallest absolute Gasteiger partial charge is 0.143 e. The maximum atomic E-state index is 5.75. The molecule has 3 rings (SSSR count). The van der Waals surface area contributed by atoms with Crippen LogP contribution in [0, 0.1) is 0 Å². The van der Waals surface area contributed by atoms with E-state index in [9.17, 15) is 0 Å². The maximum absolute atomic E-state index is 5.75. The lowest BCUT2D eigenvalue weighted by atomic mass is 10.0. The van der Waals surface area contributed by atoms with Crippen molar-refractivity contribution in [2.45, 2.75) is 12.8 Å². The molecule has 19 heavy (non-hydrogen) atoms. The summed E-state index contributed by atoms with van der Waals surface area (Å²) < 4.78 is 0.971. The summed E-state index contributed by atoms with van der Waals surface area (Å²) in [6.07, 6.45) is 3.85. The number of anilines is 2. The Morgan fingerprint density at radius 1 is 1.11 bits per heavy atom. The third-order valence-electron chi connectivity index (χ3n) is 3.56. The van der Waals surface area contributed by atoms with Gasteiger partial charge in [0.2, 0.25) is 0 Å². The number of hydrogen-bond acceptors (Lipinski definition) is 3. The number of nitrogens with two attached hydrogens (primary N) is 1. The van der Waals surface area contributed by atoms with Gasteiger partial charge in [-0.2, -0.15) is 0 Å².